The van der Waals surface area contributed by atoms with E-state index in [4.69, 9.17) is 0 Å². The molecule has 1 nitrogen and oxygen atoms in total. The molecular formula is C62H41N. The molecule has 0 saturated heterocycles. The van der Waals surface area contributed by atoms with Crippen molar-refractivity contribution in [3.05, 3.63) is 249 Å². The minimum Gasteiger partial charge on any atom is -0.310 e. The Kier molecular flexibility index (Phi) is 8.90. The van der Waals surface area contributed by atoms with Crippen molar-refractivity contribution < 1.29 is 0 Å². The molecule has 0 atom stereocenters. The minimum absolute atomic E-state index is 1.12. The Balaban J connectivity index is 1.13. The van der Waals surface area contributed by atoms with E-state index in [9.17, 15) is 0 Å². The Morgan fingerprint density at radius 3 is 1.56 bits per heavy atom. The molecule has 0 spiro atoms. The molecule has 0 aliphatic heterocycles. The second kappa shape index (κ2) is 15.3. The van der Waals surface area contributed by atoms with Gasteiger partial charge in [0.25, 0.3) is 0 Å². The molecule has 12 aromatic carbocycles. The molecule has 12 aromatic rings. The summed E-state index contributed by atoms with van der Waals surface area (Å²) in [6, 6.07) is 91.1. The lowest BCUT2D eigenvalue weighted by atomic mass is 9.81. The largest absolute Gasteiger partial charge is 0.310 e. The summed E-state index contributed by atoms with van der Waals surface area (Å²) in [5, 5.41) is 12.4. The molecule has 0 radical (unpaired) electrons. The first kappa shape index (κ1) is 36.6. The average Bonchev–Trinajstić information content (AvgIpc) is 3.37. The molecule has 0 aromatic heterocycles. The molecule has 0 fully saturated rings. The van der Waals surface area contributed by atoms with Gasteiger partial charge in [0.1, 0.15) is 0 Å². The molecular weight excluding hydrogens is 759 g/mol. The fourth-order valence-corrected chi connectivity index (χ4v) is 9.98. The van der Waals surface area contributed by atoms with Crippen LogP contribution in [0.5, 0.6) is 0 Å². The molecule has 0 bridgehead atoms. The molecule has 12 rings (SSSR count). The maximum absolute atomic E-state index is 2.44. The Morgan fingerprint density at radius 1 is 0.238 bits per heavy atom. The number of benzene rings is 12. The van der Waals surface area contributed by atoms with Gasteiger partial charge >= 0.3 is 0 Å². The van der Waals surface area contributed by atoms with Gasteiger partial charge in [-0.2, -0.15) is 0 Å². The molecule has 0 N–H and O–H groups in total. The van der Waals surface area contributed by atoms with Gasteiger partial charge in [0, 0.05) is 16.8 Å². The number of nitrogens with zero attached hydrogens (tertiary/aromatic N) is 1. The molecule has 0 saturated carbocycles. The summed E-state index contributed by atoms with van der Waals surface area (Å²) >= 11 is 0. The van der Waals surface area contributed by atoms with Gasteiger partial charge in [-0.05, 0) is 135 Å². The van der Waals surface area contributed by atoms with Crippen molar-refractivity contribution in [2.24, 2.45) is 0 Å². The SMILES string of the molecule is c1ccc(-c2cc(-c3ccccc3)c3c4ccc(-c5cccc6c(N(c7ccccc7)c7ccc8ccccc8c7)cccc56)cc4c4ccccc4c3c2-c2ccccc2)cc1. The van der Waals surface area contributed by atoms with Crippen LogP contribution in [0.25, 0.3) is 98.4 Å². The third-order valence-corrected chi connectivity index (χ3v) is 12.8. The van der Waals surface area contributed by atoms with Crippen molar-refractivity contribution in [3.8, 4) is 44.5 Å². The van der Waals surface area contributed by atoms with Gasteiger partial charge < -0.3 is 4.90 Å². The van der Waals surface area contributed by atoms with E-state index in [1.165, 1.54) is 98.4 Å². The highest BCUT2D eigenvalue weighted by Crippen LogP contribution is 2.50. The highest BCUT2D eigenvalue weighted by molar-refractivity contribution is 6.33. The van der Waals surface area contributed by atoms with Crippen LogP contribution in [-0.2, 0) is 0 Å². The number of para-hydroxylation sites is 1. The number of hydrogen-bond donors (Lipinski definition) is 0. The van der Waals surface area contributed by atoms with Gasteiger partial charge in [0.2, 0.25) is 0 Å². The van der Waals surface area contributed by atoms with E-state index in [1.54, 1.807) is 0 Å². The first-order chi connectivity index (χ1) is 31.3. The smallest absolute Gasteiger partial charge is 0.0540 e. The second-order valence-electron chi connectivity index (χ2n) is 16.4. The number of rotatable bonds is 7. The monoisotopic (exact) mass is 799 g/mol. The number of anilines is 3. The van der Waals surface area contributed by atoms with E-state index < -0.39 is 0 Å². The minimum atomic E-state index is 1.12. The molecule has 0 heterocycles. The van der Waals surface area contributed by atoms with Crippen molar-refractivity contribution >= 4 is 70.9 Å². The van der Waals surface area contributed by atoms with Crippen molar-refractivity contribution in [1.29, 1.82) is 0 Å². The zero-order valence-corrected chi connectivity index (χ0v) is 34.6. The first-order valence-corrected chi connectivity index (χ1v) is 21.8. The van der Waals surface area contributed by atoms with Crippen LogP contribution >= 0.6 is 0 Å². The van der Waals surface area contributed by atoms with Crippen LogP contribution in [0.4, 0.5) is 17.1 Å². The summed E-state index contributed by atoms with van der Waals surface area (Å²) in [6.45, 7) is 0. The summed E-state index contributed by atoms with van der Waals surface area (Å²) in [5.74, 6) is 0. The fourth-order valence-electron chi connectivity index (χ4n) is 9.98. The van der Waals surface area contributed by atoms with Crippen LogP contribution in [0.1, 0.15) is 0 Å². The summed E-state index contributed by atoms with van der Waals surface area (Å²) in [5.41, 5.74) is 13.1. The maximum atomic E-state index is 2.44. The van der Waals surface area contributed by atoms with Crippen molar-refractivity contribution in [2.45, 2.75) is 0 Å². The summed E-state index contributed by atoms with van der Waals surface area (Å²) in [6.07, 6.45) is 0. The summed E-state index contributed by atoms with van der Waals surface area (Å²) in [4.78, 5) is 2.40. The van der Waals surface area contributed by atoms with E-state index in [0.717, 1.165) is 17.1 Å². The van der Waals surface area contributed by atoms with E-state index in [0.29, 0.717) is 0 Å². The number of hydrogen-bond acceptors (Lipinski definition) is 1. The van der Waals surface area contributed by atoms with Crippen molar-refractivity contribution in [1.82, 2.24) is 0 Å². The van der Waals surface area contributed by atoms with Crippen LogP contribution in [0.2, 0.25) is 0 Å². The molecule has 63 heavy (non-hydrogen) atoms. The lowest BCUT2D eigenvalue weighted by Crippen LogP contribution is -2.10. The molecule has 0 aliphatic rings. The second-order valence-corrected chi connectivity index (χ2v) is 16.4. The highest BCUT2D eigenvalue weighted by atomic mass is 15.1. The summed E-state index contributed by atoms with van der Waals surface area (Å²) in [7, 11) is 0. The molecule has 0 unspecified atom stereocenters. The van der Waals surface area contributed by atoms with E-state index in [2.05, 4.69) is 254 Å². The van der Waals surface area contributed by atoms with Gasteiger partial charge in [-0.15, -0.1) is 0 Å². The summed E-state index contributed by atoms with van der Waals surface area (Å²) < 4.78 is 0. The lowest BCUT2D eigenvalue weighted by Gasteiger charge is -2.27. The predicted octanol–water partition coefficient (Wildman–Crippen LogP) is 17.6. The third-order valence-electron chi connectivity index (χ3n) is 12.8. The zero-order valence-electron chi connectivity index (χ0n) is 34.6. The highest BCUT2D eigenvalue weighted by Gasteiger charge is 2.23. The standard InChI is InChI=1S/C62H41N/c1-5-20-43(21-6-1)56-41-57(44-22-7-2-8-23-44)61-55-38-36-47(40-58(55)52-29-15-16-30-54(52)62(61)60(56)45-24-9-3-10-25-45)50-31-17-33-53-51(50)32-18-34-59(53)63(48-27-11-4-12-28-48)49-37-35-42-19-13-14-26-46(42)39-49/h1-41H. The van der Waals surface area contributed by atoms with Crippen LogP contribution in [0.3, 0.4) is 0 Å². The molecule has 294 valence electrons. The lowest BCUT2D eigenvalue weighted by molar-refractivity contribution is 1.30. The predicted molar refractivity (Wildman–Crippen MR) is 270 cm³/mol. The van der Waals surface area contributed by atoms with Crippen molar-refractivity contribution in [3.63, 3.8) is 0 Å². The van der Waals surface area contributed by atoms with Crippen LogP contribution < -0.4 is 4.90 Å². The van der Waals surface area contributed by atoms with Crippen LogP contribution in [0.15, 0.2) is 249 Å². The fraction of sp³-hybridized carbons (Fsp3) is 0. The van der Waals surface area contributed by atoms with Crippen molar-refractivity contribution in [2.75, 3.05) is 4.90 Å². The Labute approximate surface area is 367 Å². The zero-order chi connectivity index (χ0) is 41.7. The van der Waals surface area contributed by atoms with E-state index in [1.807, 2.05) is 0 Å². The van der Waals surface area contributed by atoms with Gasteiger partial charge in [-0.3, -0.25) is 0 Å². The van der Waals surface area contributed by atoms with Gasteiger partial charge in [-0.1, -0.05) is 206 Å². The van der Waals surface area contributed by atoms with E-state index in [-0.39, 0.29) is 0 Å². The average molecular weight is 800 g/mol. The van der Waals surface area contributed by atoms with Crippen LogP contribution in [-0.4, -0.2) is 0 Å². The Bertz CT molecular complexity index is 3650. The molecule has 0 aliphatic carbocycles. The molecule has 1 heteroatoms. The van der Waals surface area contributed by atoms with Gasteiger partial charge in [-0.25, -0.2) is 0 Å². The Morgan fingerprint density at radius 2 is 0.810 bits per heavy atom. The van der Waals surface area contributed by atoms with Gasteiger partial charge in [0.15, 0.2) is 0 Å². The first-order valence-electron chi connectivity index (χ1n) is 21.8. The van der Waals surface area contributed by atoms with Crippen LogP contribution in [0, 0.1) is 0 Å². The van der Waals surface area contributed by atoms with E-state index >= 15 is 0 Å². The third kappa shape index (κ3) is 6.25. The Hall–Kier alpha value is -8.26. The van der Waals surface area contributed by atoms with Gasteiger partial charge in [0.05, 0.1) is 5.69 Å². The normalized spacial score (nSPS) is 11.5. The number of fused-ring (bicyclic) bond motifs is 8. The quantitative estimate of drug-likeness (QED) is 0.145. The maximum Gasteiger partial charge on any atom is 0.0540 e. The molecule has 0 amide bonds. The topological polar surface area (TPSA) is 3.24 Å².